The molecule has 2 aromatic carbocycles. The van der Waals surface area contributed by atoms with E-state index in [0.29, 0.717) is 24.3 Å². The van der Waals surface area contributed by atoms with E-state index in [1.54, 1.807) is 0 Å². The van der Waals surface area contributed by atoms with Gasteiger partial charge >= 0.3 is 0 Å². The van der Waals surface area contributed by atoms with E-state index in [-0.39, 0.29) is 10.8 Å². The summed E-state index contributed by atoms with van der Waals surface area (Å²) in [7, 11) is -2.79. The molecule has 0 N–H and O–H groups in total. The molecule has 2 saturated carbocycles. The zero-order valence-electron chi connectivity index (χ0n) is 14.9. The summed E-state index contributed by atoms with van der Waals surface area (Å²) in [5.74, 6) is 0.740. The maximum absolute atomic E-state index is 14.4. The summed E-state index contributed by atoms with van der Waals surface area (Å²) in [4.78, 5) is 12.6. The van der Waals surface area contributed by atoms with E-state index in [1.165, 1.54) is 0 Å². The van der Waals surface area contributed by atoms with Gasteiger partial charge in [-0.2, -0.15) is 0 Å². The molecule has 2 nitrogen and oxygen atoms in total. The highest BCUT2D eigenvalue weighted by Gasteiger charge is 2.65. The van der Waals surface area contributed by atoms with Crippen LogP contribution in [0.15, 0.2) is 60.7 Å². The van der Waals surface area contributed by atoms with E-state index >= 15 is 0 Å². The second-order valence-electron chi connectivity index (χ2n) is 8.18. The van der Waals surface area contributed by atoms with Crippen molar-refractivity contribution < 1.29 is 9.36 Å². The second-order valence-corrected chi connectivity index (χ2v) is 11.0. The first kappa shape index (κ1) is 16.8. The van der Waals surface area contributed by atoms with Crippen LogP contribution in [0.3, 0.4) is 0 Å². The lowest BCUT2D eigenvalue weighted by Gasteiger charge is -2.39. The standard InChI is InChI=1S/C22H25O2P/c1-21-14-13-17(15-20(21)23)22(21,2)16-25(24,18-9-5-3-6-10-18)19-11-7-4-8-12-19/h3-12,17H,13-16H2,1-2H3/t17-,21-,22+/m0/s1. The Bertz CT molecular complexity index is 801. The summed E-state index contributed by atoms with van der Waals surface area (Å²) < 4.78 is 14.4. The molecule has 0 spiro atoms. The zero-order chi connectivity index (χ0) is 17.7. The Balaban J connectivity index is 1.84. The molecule has 4 rings (SSSR count). The van der Waals surface area contributed by atoms with Crippen molar-refractivity contribution in [3.8, 4) is 0 Å². The number of ketones is 1. The first-order valence-corrected chi connectivity index (χ1v) is 11.0. The molecule has 0 aliphatic heterocycles. The molecule has 0 unspecified atom stereocenters. The van der Waals surface area contributed by atoms with Gasteiger partial charge in [0.2, 0.25) is 0 Å². The smallest absolute Gasteiger partial charge is 0.143 e. The fraction of sp³-hybridized carbons (Fsp3) is 0.409. The summed E-state index contributed by atoms with van der Waals surface area (Å²) in [6.45, 7) is 4.33. The van der Waals surface area contributed by atoms with Crippen LogP contribution >= 0.6 is 7.14 Å². The summed E-state index contributed by atoms with van der Waals surface area (Å²) in [6.07, 6.45) is 3.27. The SMILES string of the molecule is C[C@]12CC[C@@H](CC1=O)[C@@]2(C)CP(=O)(c1ccccc1)c1ccccc1. The molecular weight excluding hydrogens is 327 g/mol. The van der Waals surface area contributed by atoms with E-state index in [9.17, 15) is 9.36 Å². The molecule has 0 saturated heterocycles. The topological polar surface area (TPSA) is 34.1 Å². The van der Waals surface area contributed by atoms with Crippen LogP contribution in [0.4, 0.5) is 0 Å². The van der Waals surface area contributed by atoms with Gasteiger partial charge in [0, 0.05) is 28.6 Å². The molecule has 0 aromatic heterocycles. The van der Waals surface area contributed by atoms with Gasteiger partial charge in [-0.3, -0.25) is 4.79 Å². The average Bonchev–Trinajstić information content (AvgIpc) is 2.98. The monoisotopic (exact) mass is 352 g/mol. The number of fused-ring (bicyclic) bond motifs is 2. The summed E-state index contributed by atoms with van der Waals surface area (Å²) >= 11 is 0. The molecule has 25 heavy (non-hydrogen) atoms. The van der Waals surface area contributed by atoms with E-state index in [2.05, 4.69) is 13.8 Å². The fourth-order valence-corrected chi connectivity index (χ4v) is 8.69. The first-order valence-electron chi connectivity index (χ1n) is 9.14. The Morgan fingerprint density at radius 2 is 1.48 bits per heavy atom. The van der Waals surface area contributed by atoms with Crippen molar-refractivity contribution in [1.29, 1.82) is 0 Å². The molecule has 0 heterocycles. The van der Waals surface area contributed by atoms with E-state index < -0.39 is 7.14 Å². The van der Waals surface area contributed by atoms with E-state index in [4.69, 9.17) is 0 Å². The lowest BCUT2D eigenvalue weighted by Crippen LogP contribution is -2.40. The molecule has 0 amide bonds. The number of rotatable bonds is 4. The maximum atomic E-state index is 14.4. The minimum atomic E-state index is -2.79. The van der Waals surface area contributed by atoms with Crippen molar-refractivity contribution >= 4 is 23.5 Å². The number of carbonyl (C=O) groups excluding carboxylic acids is 1. The van der Waals surface area contributed by atoms with Crippen molar-refractivity contribution in [2.24, 2.45) is 16.7 Å². The molecule has 130 valence electrons. The molecule has 3 heteroatoms. The third kappa shape index (κ3) is 2.30. The molecule has 2 aromatic rings. The number of hydrogen-bond acceptors (Lipinski definition) is 2. The lowest BCUT2D eigenvalue weighted by atomic mass is 9.70. The Kier molecular flexibility index (Phi) is 3.81. The van der Waals surface area contributed by atoms with Gasteiger partial charge in [0.1, 0.15) is 12.9 Å². The van der Waals surface area contributed by atoms with Crippen LogP contribution in [0.2, 0.25) is 0 Å². The second kappa shape index (κ2) is 5.68. The van der Waals surface area contributed by atoms with Crippen LogP contribution in [0, 0.1) is 16.7 Å². The fourth-order valence-electron chi connectivity index (χ4n) is 5.19. The predicted molar refractivity (Wildman–Crippen MR) is 103 cm³/mol. The van der Waals surface area contributed by atoms with Crippen molar-refractivity contribution in [3.05, 3.63) is 60.7 Å². The van der Waals surface area contributed by atoms with Gasteiger partial charge in [0.25, 0.3) is 0 Å². The van der Waals surface area contributed by atoms with Crippen LogP contribution in [0.25, 0.3) is 0 Å². The van der Waals surface area contributed by atoms with Crippen molar-refractivity contribution in [2.75, 3.05) is 6.16 Å². The Morgan fingerprint density at radius 3 is 1.88 bits per heavy atom. The highest BCUT2D eigenvalue weighted by molar-refractivity contribution is 7.78. The summed E-state index contributed by atoms with van der Waals surface area (Å²) in [6, 6.07) is 19.7. The third-order valence-corrected chi connectivity index (χ3v) is 10.5. The van der Waals surface area contributed by atoms with Crippen LogP contribution < -0.4 is 10.6 Å². The minimum absolute atomic E-state index is 0.189. The van der Waals surface area contributed by atoms with E-state index in [1.807, 2.05) is 60.7 Å². The van der Waals surface area contributed by atoms with Crippen molar-refractivity contribution in [1.82, 2.24) is 0 Å². The summed E-state index contributed by atoms with van der Waals surface area (Å²) in [5.41, 5.74) is -0.512. The Morgan fingerprint density at radius 1 is 0.960 bits per heavy atom. The highest BCUT2D eigenvalue weighted by atomic mass is 31.2. The van der Waals surface area contributed by atoms with Crippen molar-refractivity contribution in [2.45, 2.75) is 33.1 Å². The van der Waals surface area contributed by atoms with Gasteiger partial charge in [0.05, 0.1) is 0 Å². The van der Waals surface area contributed by atoms with E-state index in [0.717, 1.165) is 23.5 Å². The normalized spacial score (nSPS) is 31.4. The highest BCUT2D eigenvalue weighted by Crippen LogP contribution is 2.68. The maximum Gasteiger partial charge on any atom is 0.143 e. The van der Waals surface area contributed by atoms with Gasteiger partial charge in [-0.1, -0.05) is 74.5 Å². The van der Waals surface area contributed by atoms with Crippen LogP contribution in [-0.4, -0.2) is 11.9 Å². The van der Waals surface area contributed by atoms with Crippen LogP contribution in [0.1, 0.15) is 33.1 Å². The average molecular weight is 352 g/mol. The molecular formula is C22H25O2P. The number of benzene rings is 2. The van der Waals surface area contributed by atoms with Gasteiger partial charge in [-0.15, -0.1) is 0 Å². The van der Waals surface area contributed by atoms with Gasteiger partial charge in [-0.05, 0) is 24.2 Å². The van der Waals surface area contributed by atoms with Crippen LogP contribution in [0.5, 0.6) is 0 Å². The lowest BCUT2D eigenvalue weighted by molar-refractivity contribution is -0.128. The molecule has 2 aliphatic rings. The minimum Gasteiger partial charge on any atom is -0.314 e. The number of hydrogen-bond donors (Lipinski definition) is 0. The first-order chi connectivity index (χ1) is 11.9. The third-order valence-electron chi connectivity index (χ3n) is 7.10. The molecule has 2 bridgehead atoms. The molecule has 0 radical (unpaired) electrons. The molecule has 3 atom stereocenters. The Hall–Kier alpha value is -1.66. The summed E-state index contributed by atoms with van der Waals surface area (Å²) in [5, 5.41) is 1.81. The van der Waals surface area contributed by atoms with Gasteiger partial charge < -0.3 is 4.57 Å². The van der Waals surface area contributed by atoms with Gasteiger partial charge in [-0.25, -0.2) is 0 Å². The van der Waals surface area contributed by atoms with Crippen LogP contribution in [-0.2, 0) is 9.36 Å². The quantitative estimate of drug-likeness (QED) is 0.765. The number of Topliss-reactive ketones (excluding diaryl/α,β-unsaturated/α-hetero) is 1. The van der Waals surface area contributed by atoms with Gasteiger partial charge in [0.15, 0.2) is 0 Å². The largest absolute Gasteiger partial charge is 0.314 e. The Labute approximate surface area is 150 Å². The molecule has 2 fully saturated rings. The number of carbonyl (C=O) groups is 1. The predicted octanol–water partition coefficient (Wildman–Crippen LogP) is 4.40. The molecule has 2 aliphatic carbocycles. The zero-order valence-corrected chi connectivity index (χ0v) is 15.8. The van der Waals surface area contributed by atoms with Crippen molar-refractivity contribution in [3.63, 3.8) is 0 Å².